The van der Waals surface area contributed by atoms with Gasteiger partial charge in [-0.05, 0) is 61.6 Å². The van der Waals surface area contributed by atoms with Gasteiger partial charge in [-0.3, -0.25) is 9.69 Å². The maximum atomic E-state index is 13.1. The van der Waals surface area contributed by atoms with Crippen LogP contribution in [0.1, 0.15) is 58.9 Å². The number of urea groups is 1. The Hall–Kier alpha value is -2.41. The Balaban J connectivity index is 1.54. The van der Waals surface area contributed by atoms with E-state index in [-0.39, 0.29) is 30.3 Å². The summed E-state index contributed by atoms with van der Waals surface area (Å²) in [6, 6.07) is 6.91. The molecule has 1 heterocycles. The van der Waals surface area contributed by atoms with Crippen LogP contribution in [-0.4, -0.2) is 52.5 Å². The number of rotatable bonds is 8. The molecule has 2 N–H and O–H groups in total. The fraction of sp³-hybridized carbons (Fsp3) is 0.625. The molecule has 3 rings (SSSR count). The second kappa shape index (κ2) is 8.99. The molecule has 7 nitrogen and oxygen atoms in total. The van der Waals surface area contributed by atoms with E-state index in [0.717, 1.165) is 16.9 Å². The van der Waals surface area contributed by atoms with Crippen molar-refractivity contribution in [3.05, 3.63) is 29.8 Å². The molecule has 1 aromatic carbocycles. The summed E-state index contributed by atoms with van der Waals surface area (Å²) in [6.45, 7) is 7.80. The lowest BCUT2D eigenvalue weighted by molar-refractivity contribution is -0.135. The van der Waals surface area contributed by atoms with Crippen molar-refractivity contribution in [3.8, 4) is 5.75 Å². The quantitative estimate of drug-likeness (QED) is 0.618. The van der Waals surface area contributed by atoms with E-state index in [4.69, 9.17) is 4.74 Å². The molecule has 7 heteroatoms. The molecule has 3 amide bonds. The fourth-order valence-electron chi connectivity index (χ4n) is 5.20. The topological polar surface area (TPSA) is 95.9 Å². The summed E-state index contributed by atoms with van der Waals surface area (Å²) in [5.74, 6) is 0.824. The van der Waals surface area contributed by atoms with E-state index in [1.807, 2.05) is 12.1 Å². The number of ketones is 1. The molecule has 2 fully saturated rings. The fourth-order valence-corrected chi connectivity index (χ4v) is 5.20. The molecule has 0 radical (unpaired) electrons. The Morgan fingerprint density at radius 3 is 2.55 bits per heavy atom. The van der Waals surface area contributed by atoms with Gasteiger partial charge in [-0.15, -0.1) is 0 Å². The van der Waals surface area contributed by atoms with Crippen molar-refractivity contribution in [2.45, 2.75) is 71.4 Å². The average Bonchev–Trinajstić information content (AvgIpc) is 2.87. The summed E-state index contributed by atoms with van der Waals surface area (Å²) in [4.78, 5) is 37.9. The molecule has 2 aliphatic rings. The number of amides is 3. The zero-order chi connectivity index (χ0) is 22.8. The largest absolute Gasteiger partial charge is 0.491 e. The Labute approximate surface area is 184 Å². The lowest BCUT2D eigenvalue weighted by atomic mass is 9.64. The third-order valence-corrected chi connectivity index (χ3v) is 6.15. The number of nitrogens with zero attached hydrogens (tertiary/aromatic N) is 1. The van der Waals surface area contributed by atoms with E-state index in [1.165, 1.54) is 0 Å². The average molecular weight is 431 g/mol. The van der Waals surface area contributed by atoms with E-state index in [2.05, 4.69) is 26.1 Å². The van der Waals surface area contributed by atoms with Crippen LogP contribution >= 0.6 is 0 Å². The number of nitrogens with one attached hydrogen (secondary N) is 1. The molecule has 1 saturated heterocycles. The van der Waals surface area contributed by atoms with Crippen molar-refractivity contribution in [1.82, 2.24) is 10.2 Å². The van der Waals surface area contributed by atoms with Crippen LogP contribution in [0.25, 0.3) is 0 Å². The first-order chi connectivity index (χ1) is 14.5. The number of carbonyl (C=O) groups excluding carboxylic acids is 3. The monoisotopic (exact) mass is 430 g/mol. The number of aliphatic hydroxyl groups excluding tert-OH is 1. The zero-order valence-electron chi connectivity index (χ0n) is 18.9. The summed E-state index contributed by atoms with van der Waals surface area (Å²) in [7, 11) is 0. The smallest absolute Gasteiger partial charge is 0.325 e. The zero-order valence-corrected chi connectivity index (χ0v) is 18.9. The number of benzene rings is 1. The number of hydrogen-bond acceptors (Lipinski definition) is 5. The van der Waals surface area contributed by atoms with Crippen molar-refractivity contribution in [1.29, 1.82) is 0 Å². The van der Waals surface area contributed by atoms with Crippen LogP contribution < -0.4 is 10.1 Å². The lowest BCUT2D eigenvalue weighted by Gasteiger charge is -2.43. The second-order valence-corrected chi connectivity index (χ2v) is 10.1. The Kier molecular flexibility index (Phi) is 6.74. The van der Waals surface area contributed by atoms with Gasteiger partial charge in [0.05, 0.1) is 6.54 Å². The number of ether oxygens (including phenoxy) is 1. The van der Waals surface area contributed by atoms with Gasteiger partial charge in [0.2, 0.25) is 0 Å². The molecule has 1 aliphatic heterocycles. The molecule has 1 aromatic rings. The van der Waals surface area contributed by atoms with E-state index >= 15 is 0 Å². The van der Waals surface area contributed by atoms with E-state index < -0.39 is 17.7 Å². The highest BCUT2D eigenvalue weighted by Crippen LogP contribution is 2.46. The number of β-amino-alcohol motifs (C(OH)–C–C–N with tert-alkyl or cyclic N) is 1. The molecule has 3 atom stereocenters. The molecule has 0 unspecified atom stereocenters. The summed E-state index contributed by atoms with van der Waals surface area (Å²) in [6.07, 6.45) is 2.44. The van der Waals surface area contributed by atoms with Crippen LogP contribution in [0, 0.1) is 11.3 Å². The second-order valence-electron chi connectivity index (χ2n) is 10.1. The minimum absolute atomic E-state index is 0.0290. The minimum atomic E-state index is -0.990. The molecule has 1 spiro atoms. The van der Waals surface area contributed by atoms with Crippen LogP contribution in [0.4, 0.5) is 4.79 Å². The molecular formula is C24H34N2O5. The van der Waals surface area contributed by atoms with Crippen molar-refractivity contribution in [2.24, 2.45) is 11.3 Å². The maximum absolute atomic E-state index is 13.1. The molecule has 0 bridgehead atoms. The normalized spacial score (nSPS) is 26.1. The highest BCUT2D eigenvalue weighted by atomic mass is 16.5. The van der Waals surface area contributed by atoms with Crippen LogP contribution in [0.5, 0.6) is 5.75 Å². The Bertz CT molecular complexity index is 835. The van der Waals surface area contributed by atoms with Gasteiger partial charge in [-0.1, -0.05) is 32.9 Å². The number of Topliss-reactive ketones (excluding diaryl/α,β-unsaturated/α-hetero) is 1. The number of aryl methyl sites for hydroxylation is 1. The first-order valence-corrected chi connectivity index (χ1v) is 11.0. The minimum Gasteiger partial charge on any atom is -0.491 e. The van der Waals surface area contributed by atoms with Crippen LogP contribution in [-0.2, 0) is 16.0 Å². The first-order valence-electron chi connectivity index (χ1n) is 11.0. The first kappa shape index (κ1) is 23.3. The van der Waals surface area contributed by atoms with Gasteiger partial charge in [0.1, 0.15) is 29.8 Å². The summed E-state index contributed by atoms with van der Waals surface area (Å²) in [5, 5.41) is 13.3. The number of carbonyl (C=O) groups is 3. The van der Waals surface area contributed by atoms with Gasteiger partial charge in [-0.2, -0.15) is 0 Å². The van der Waals surface area contributed by atoms with Gasteiger partial charge in [-0.25, -0.2) is 4.79 Å². The summed E-state index contributed by atoms with van der Waals surface area (Å²) in [5.41, 5.74) is 0.140. The van der Waals surface area contributed by atoms with Gasteiger partial charge >= 0.3 is 6.03 Å². The van der Waals surface area contributed by atoms with E-state index in [9.17, 15) is 19.5 Å². The van der Waals surface area contributed by atoms with Gasteiger partial charge < -0.3 is 20.0 Å². The van der Waals surface area contributed by atoms with Crippen molar-refractivity contribution >= 4 is 17.7 Å². The van der Waals surface area contributed by atoms with Crippen molar-refractivity contribution < 1.29 is 24.2 Å². The number of imide groups is 1. The van der Waals surface area contributed by atoms with Gasteiger partial charge in [0.25, 0.3) is 5.91 Å². The maximum Gasteiger partial charge on any atom is 0.325 e. The predicted octanol–water partition coefficient (Wildman–Crippen LogP) is 3.08. The summed E-state index contributed by atoms with van der Waals surface area (Å²) >= 11 is 0. The van der Waals surface area contributed by atoms with Crippen LogP contribution in [0.2, 0.25) is 0 Å². The molecular weight excluding hydrogens is 396 g/mol. The number of hydrogen-bond donors (Lipinski definition) is 2. The number of aliphatic hydroxyl groups is 1. The standard InChI is InChI=1S/C24H34N2O5/c1-16-11-23(3,4)15-24(12-16)21(29)26(22(30)25-24)13-19(28)14-31-20-9-7-18(8-10-20)6-5-17(2)27/h7-10,16,19,28H,5-6,11-15H2,1-4H3,(H,25,30)/t16-,19+,24-/m1/s1. The van der Waals surface area contributed by atoms with Crippen molar-refractivity contribution in [3.63, 3.8) is 0 Å². The van der Waals surface area contributed by atoms with Crippen LogP contribution in [0.15, 0.2) is 24.3 Å². The summed E-state index contributed by atoms with van der Waals surface area (Å²) < 4.78 is 5.63. The van der Waals surface area contributed by atoms with Gasteiger partial charge in [0.15, 0.2) is 0 Å². The highest BCUT2D eigenvalue weighted by molar-refractivity contribution is 6.07. The molecule has 1 saturated carbocycles. The van der Waals surface area contributed by atoms with Crippen molar-refractivity contribution in [2.75, 3.05) is 13.2 Å². The molecule has 0 aromatic heterocycles. The van der Waals surface area contributed by atoms with E-state index in [1.54, 1.807) is 19.1 Å². The van der Waals surface area contributed by atoms with E-state index in [0.29, 0.717) is 37.4 Å². The van der Waals surface area contributed by atoms with Crippen LogP contribution in [0.3, 0.4) is 0 Å². The molecule has 1 aliphatic carbocycles. The highest BCUT2D eigenvalue weighted by Gasteiger charge is 2.56. The Morgan fingerprint density at radius 2 is 1.94 bits per heavy atom. The predicted molar refractivity (Wildman–Crippen MR) is 117 cm³/mol. The molecule has 31 heavy (non-hydrogen) atoms. The van der Waals surface area contributed by atoms with Gasteiger partial charge in [0, 0.05) is 6.42 Å². The molecule has 170 valence electrons. The Morgan fingerprint density at radius 1 is 1.26 bits per heavy atom. The lowest BCUT2D eigenvalue weighted by Crippen LogP contribution is -2.54. The SMILES string of the molecule is CC(=O)CCc1ccc(OC[C@@H](O)CN2C(=O)N[C@@]3(C[C@H](C)CC(C)(C)C3)C2=O)cc1. The third-order valence-electron chi connectivity index (χ3n) is 6.15. The third kappa shape index (κ3) is 5.64.